The Labute approximate surface area is 80.5 Å². The van der Waals surface area contributed by atoms with Gasteiger partial charge in [0.1, 0.15) is 5.75 Å². The lowest BCUT2D eigenvalue weighted by atomic mass is 9.80. The van der Waals surface area contributed by atoms with Crippen LogP contribution in [0.4, 0.5) is 4.79 Å². The van der Waals surface area contributed by atoms with Gasteiger partial charge in [0, 0.05) is 12.1 Å². The average Bonchev–Trinajstić information content (AvgIpc) is 2.16. The first-order chi connectivity index (χ1) is 6.66. The van der Waals surface area contributed by atoms with Crippen LogP contribution in [0.15, 0.2) is 18.2 Å². The molecule has 0 unspecified atom stereocenters. The summed E-state index contributed by atoms with van der Waals surface area (Å²) in [4.78, 5) is 10.8. The first-order valence-corrected chi connectivity index (χ1v) is 4.11. The fraction of sp³-hybridized carbons (Fsp3) is 0.125. The second-order valence-electron chi connectivity index (χ2n) is 2.98. The van der Waals surface area contributed by atoms with Crippen molar-refractivity contribution in [2.45, 2.75) is 6.54 Å². The minimum atomic E-state index is -1.55. The molecule has 1 aliphatic heterocycles. The molecule has 0 spiro atoms. The first-order valence-electron chi connectivity index (χ1n) is 4.11. The SMILES string of the molecule is O=C1NCc2ccc(B(O)O)cc2O1. The first kappa shape index (κ1) is 9.05. The van der Waals surface area contributed by atoms with Crippen molar-refractivity contribution in [3.8, 4) is 5.75 Å². The summed E-state index contributed by atoms with van der Waals surface area (Å²) in [6.07, 6.45) is -0.526. The lowest BCUT2D eigenvalue weighted by molar-refractivity contribution is 0.194. The zero-order valence-corrected chi connectivity index (χ0v) is 7.23. The summed E-state index contributed by atoms with van der Waals surface area (Å²) in [6, 6.07) is 4.70. The molecule has 6 heteroatoms. The van der Waals surface area contributed by atoms with Crippen molar-refractivity contribution in [2.75, 3.05) is 0 Å². The highest BCUT2D eigenvalue weighted by Gasteiger charge is 2.19. The van der Waals surface area contributed by atoms with E-state index < -0.39 is 13.2 Å². The van der Waals surface area contributed by atoms with Crippen LogP contribution < -0.4 is 15.5 Å². The molecule has 0 saturated heterocycles. The Morgan fingerprint density at radius 3 is 2.93 bits per heavy atom. The number of carbonyl (C=O) groups excluding carboxylic acids is 1. The molecule has 0 bridgehead atoms. The number of nitrogens with one attached hydrogen (secondary N) is 1. The van der Waals surface area contributed by atoms with Crippen molar-refractivity contribution in [3.63, 3.8) is 0 Å². The van der Waals surface area contributed by atoms with Crippen LogP contribution in [-0.4, -0.2) is 23.3 Å². The molecule has 0 aromatic heterocycles. The number of fused-ring (bicyclic) bond motifs is 1. The number of hydrogen-bond acceptors (Lipinski definition) is 4. The van der Waals surface area contributed by atoms with Crippen molar-refractivity contribution in [2.24, 2.45) is 0 Å². The molecule has 72 valence electrons. The van der Waals surface area contributed by atoms with Gasteiger partial charge in [0.2, 0.25) is 0 Å². The van der Waals surface area contributed by atoms with Gasteiger partial charge in [-0.3, -0.25) is 0 Å². The lowest BCUT2D eigenvalue weighted by Gasteiger charge is -2.17. The van der Waals surface area contributed by atoms with E-state index in [1.165, 1.54) is 6.07 Å². The monoisotopic (exact) mass is 193 g/mol. The number of benzene rings is 1. The summed E-state index contributed by atoms with van der Waals surface area (Å²) in [5.74, 6) is 0.374. The van der Waals surface area contributed by atoms with Gasteiger partial charge in [-0.15, -0.1) is 0 Å². The summed E-state index contributed by atoms with van der Waals surface area (Å²) in [7, 11) is -1.55. The molecule has 1 aromatic carbocycles. The molecule has 2 rings (SSSR count). The quantitative estimate of drug-likeness (QED) is 0.498. The third kappa shape index (κ3) is 1.57. The number of amides is 1. The summed E-state index contributed by atoms with van der Waals surface area (Å²) < 4.78 is 4.85. The normalized spacial score (nSPS) is 14.0. The van der Waals surface area contributed by atoms with Gasteiger partial charge in [0.25, 0.3) is 0 Å². The molecule has 0 fully saturated rings. The molecular formula is C8H8BNO4. The van der Waals surface area contributed by atoms with Crippen LogP contribution in [0, 0.1) is 0 Å². The van der Waals surface area contributed by atoms with Crippen LogP contribution in [0.3, 0.4) is 0 Å². The summed E-state index contributed by atoms with van der Waals surface area (Å²) in [5.41, 5.74) is 1.12. The molecule has 1 heterocycles. The van der Waals surface area contributed by atoms with Crippen molar-refractivity contribution in [1.29, 1.82) is 0 Å². The number of rotatable bonds is 1. The van der Waals surface area contributed by atoms with Gasteiger partial charge in [-0.2, -0.15) is 0 Å². The predicted molar refractivity (Wildman–Crippen MR) is 49.1 cm³/mol. The van der Waals surface area contributed by atoms with E-state index in [2.05, 4.69) is 5.32 Å². The minimum Gasteiger partial charge on any atom is -0.423 e. The molecule has 1 amide bonds. The van der Waals surface area contributed by atoms with Crippen LogP contribution >= 0.6 is 0 Å². The fourth-order valence-corrected chi connectivity index (χ4v) is 1.28. The Hall–Kier alpha value is -1.53. The smallest absolute Gasteiger partial charge is 0.423 e. The van der Waals surface area contributed by atoms with Gasteiger partial charge in [-0.1, -0.05) is 12.1 Å². The van der Waals surface area contributed by atoms with Gasteiger partial charge in [0.05, 0.1) is 0 Å². The molecule has 3 N–H and O–H groups in total. The average molecular weight is 193 g/mol. The van der Waals surface area contributed by atoms with E-state index in [-0.39, 0.29) is 0 Å². The van der Waals surface area contributed by atoms with Crippen LogP contribution in [-0.2, 0) is 6.54 Å². The summed E-state index contributed by atoms with van der Waals surface area (Å²) in [6.45, 7) is 0.399. The van der Waals surface area contributed by atoms with Gasteiger partial charge < -0.3 is 20.1 Å². The summed E-state index contributed by atoms with van der Waals surface area (Å²) in [5, 5.41) is 20.3. The third-order valence-electron chi connectivity index (χ3n) is 2.02. The Morgan fingerprint density at radius 2 is 2.21 bits per heavy atom. The topological polar surface area (TPSA) is 78.8 Å². The third-order valence-corrected chi connectivity index (χ3v) is 2.02. The Morgan fingerprint density at radius 1 is 1.43 bits per heavy atom. The molecule has 14 heavy (non-hydrogen) atoms. The van der Waals surface area contributed by atoms with E-state index >= 15 is 0 Å². The van der Waals surface area contributed by atoms with E-state index in [1.807, 2.05) is 0 Å². The predicted octanol–water partition coefficient (Wildman–Crippen LogP) is -1.03. The Kier molecular flexibility index (Phi) is 2.15. The van der Waals surface area contributed by atoms with E-state index in [0.717, 1.165) is 5.56 Å². The molecule has 0 saturated carbocycles. The van der Waals surface area contributed by atoms with Gasteiger partial charge >= 0.3 is 13.2 Å². The maximum Gasteiger partial charge on any atom is 0.488 e. The highest BCUT2D eigenvalue weighted by atomic mass is 16.6. The zero-order valence-electron chi connectivity index (χ0n) is 7.23. The Balaban J connectivity index is 2.37. The molecule has 1 aliphatic rings. The van der Waals surface area contributed by atoms with Crippen molar-refractivity contribution in [3.05, 3.63) is 23.8 Å². The Bertz CT molecular complexity index is 380. The minimum absolute atomic E-state index is 0.304. The fourth-order valence-electron chi connectivity index (χ4n) is 1.28. The zero-order chi connectivity index (χ0) is 10.1. The van der Waals surface area contributed by atoms with E-state index in [9.17, 15) is 4.79 Å². The highest BCUT2D eigenvalue weighted by Crippen LogP contribution is 2.19. The summed E-state index contributed by atoms with van der Waals surface area (Å²) >= 11 is 0. The largest absolute Gasteiger partial charge is 0.488 e. The van der Waals surface area contributed by atoms with Gasteiger partial charge in [-0.05, 0) is 11.5 Å². The van der Waals surface area contributed by atoms with Crippen LogP contribution in [0.5, 0.6) is 5.75 Å². The van der Waals surface area contributed by atoms with E-state index in [4.69, 9.17) is 14.8 Å². The molecule has 0 atom stereocenters. The number of ether oxygens (including phenoxy) is 1. The second-order valence-corrected chi connectivity index (χ2v) is 2.98. The molecule has 0 radical (unpaired) electrons. The molecule has 5 nitrogen and oxygen atoms in total. The highest BCUT2D eigenvalue weighted by molar-refractivity contribution is 6.58. The lowest BCUT2D eigenvalue weighted by Crippen LogP contribution is -2.34. The van der Waals surface area contributed by atoms with Crippen molar-refractivity contribution in [1.82, 2.24) is 5.32 Å². The molecule has 1 aromatic rings. The van der Waals surface area contributed by atoms with Crippen LogP contribution in [0.25, 0.3) is 0 Å². The van der Waals surface area contributed by atoms with Crippen molar-refractivity contribution < 1.29 is 19.6 Å². The molecular weight excluding hydrogens is 185 g/mol. The van der Waals surface area contributed by atoms with Gasteiger partial charge in [0.15, 0.2) is 0 Å². The maximum atomic E-state index is 10.8. The standard InChI is InChI=1S/C8H8BNO4/c11-8-10-4-5-1-2-6(9(12)13)3-7(5)14-8/h1-3,12-13H,4H2,(H,10,11). The van der Waals surface area contributed by atoms with E-state index in [0.29, 0.717) is 17.8 Å². The number of carbonyl (C=O) groups is 1. The second kappa shape index (κ2) is 3.32. The molecule has 0 aliphatic carbocycles. The van der Waals surface area contributed by atoms with Crippen LogP contribution in [0.2, 0.25) is 0 Å². The van der Waals surface area contributed by atoms with E-state index in [1.54, 1.807) is 12.1 Å². The van der Waals surface area contributed by atoms with Gasteiger partial charge in [-0.25, -0.2) is 4.79 Å². The maximum absolute atomic E-state index is 10.8. The number of hydrogen-bond donors (Lipinski definition) is 3. The van der Waals surface area contributed by atoms with Crippen LogP contribution in [0.1, 0.15) is 5.56 Å². The van der Waals surface area contributed by atoms with Crippen molar-refractivity contribution >= 4 is 18.7 Å².